The van der Waals surface area contributed by atoms with Gasteiger partial charge in [0.25, 0.3) is 5.91 Å². The summed E-state index contributed by atoms with van der Waals surface area (Å²) in [6.07, 6.45) is 1.97. The standard InChI is InChI=1S/C20H22N4O2/c1-12-11-16(18-13(2)22-23-19(18)21-12)20(25)24-10-4-5-17(24)14-6-8-15(26-3)9-7-14/h6-9,11,17H,4-5,10H2,1-3H3,(H,21,22,23)/t17-/m1/s1. The van der Waals surface area contributed by atoms with Crippen LogP contribution in [0, 0.1) is 13.8 Å². The molecule has 1 saturated heterocycles. The smallest absolute Gasteiger partial charge is 0.255 e. The molecule has 134 valence electrons. The van der Waals surface area contributed by atoms with Gasteiger partial charge in [0, 0.05) is 17.9 Å². The molecule has 1 aliphatic rings. The van der Waals surface area contributed by atoms with E-state index in [1.165, 1.54) is 0 Å². The first-order chi connectivity index (χ1) is 12.6. The van der Waals surface area contributed by atoms with Crippen LogP contribution in [0.15, 0.2) is 30.3 Å². The Labute approximate surface area is 152 Å². The molecule has 1 atom stereocenters. The minimum absolute atomic E-state index is 0.0447. The van der Waals surface area contributed by atoms with Crippen molar-refractivity contribution in [2.45, 2.75) is 32.7 Å². The SMILES string of the molecule is COc1ccc([C@H]2CCCN2C(=O)c2cc(C)nc3n[nH]c(C)c23)cc1. The molecule has 1 aliphatic heterocycles. The number of methoxy groups -OCH3 is 1. The van der Waals surface area contributed by atoms with Crippen LogP contribution in [0.25, 0.3) is 11.0 Å². The number of rotatable bonds is 3. The molecule has 0 bridgehead atoms. The molecule has 4 rings (SSSR count). The highest BCUT2D eigenvalue weighted by molar-refractivity contribution is 6.06. The third-order valence-corrected chi connectivity index (χ3v) is 5.08. The molecule has 0 radical (unpaired) electrons. The van der Waals surface area contributed by atoms with Crippen LogP contribution in [0.2, 0.25) is 0 Å². The van der Waals surface area contributed by atoms with Gasteiger partial charge < -0.3 is 9.64 Å². The van der Waals surface area contributed by atoms with Crippen molar-refractivity contribution in [3.8, 4) is 5.75 Å². The molecular weight excluding hydrogens is 328 g/mol. The van der Waals surface area contributed by atoms with Gasteiger partial charge in [0.15, 0.2) is 5.65 Å². The largest absolute Gasteiger partial charge is 0.497 e. The van der Waals surface area contributed by atoms with Crippen molar-refractivity contribution < 1.29 is 9.53 Å². The Kier molecular flexibility index (Phi) is 4.11. The Morgan fingerprint density at radius 1 is 1.27 bits per heavy atom. The van der Waals surface area contributed by atoms with E-state index >= 15 is 0 Å². The van der Waals surface area contributed by atoms with Gasteiger partial charge in [-0.3, -0.25) is 9.89 Å². The van der Waals surface area contributed by atoms with Crippen molar-refractivity contribution in [2.75, 3.05) is 13.7 Å². The van der Waals surface area contributed by atoms with Crippen molar-refractivity contribution in [2.24, 2.45) is 0 Å². The Morgan fingerprint density at radius 2 is 2.04 bits per heavy atom. The fourth-order valence-electron chi connectivity index (χ4n) is 3.81. The number of aromatic nitrogens is 3. The molecule has 1 fully saturated rings. The van der Waals surface area contributed by atoms with Crippen LogP contribution in [0.4, 0.5) is 0 Å². The van der Waals surface area contributed by atoms with Gasteiger partial charge in [0.05, 0.1) is 24.1 Å². The summed E-state index contributed by atoms with van der Waals surface area (Å²) >= 11 is 0. The molecule has 6 heteroatoms. The number of H-pyrrole nitrogens is 1. The van der Waals surface area contributed by atoms with Gasteiger partial charge in [-0.2, -0.15) is 5.10 Å². The molecule has 1 N–H and O–H groups in total. The summed E-state index contributed by atoms with van der Waals surface area (Å²) in [6, 6.07) is 9.95. The Balaban J connectivity index is 1.72. The normalized spacial score (nSPS) is 17.0. The minimum Gasteiger partial charge on any atom is -0.497 e. The second-order valence-electron chi connectivity index (χ2n) is 6.79. The van der Waals surface area contributed by atoms with Crippen molar-refractivity contribution in [1.82, 2.24) is 20.1 Å². The number of likely N-dealkylation sites (tertiary alicyclic amines) is 1. The first-order valence-corrected chi connectivity index (χ1v) is 8.85. The van der Waals surface area contributed by atoms with Crippen molar-refractivity contribution in [1.29, 1.82) is 0 Å². The minimum atomic E-state index is 0.0447. The lowest BCUT2D eigenvalue weighted by Gasteiger charge is -2.25. The van der Waals surface area contributed by atoms with Crippen LogP contribution in [-0.2, 0) is 0 Å². The summed E-state index contributed by atoms with van der Waals surface area (Å²) in [5, 5.41) is 7.99. The molecule has 0 saturated carbocycles. The summed E-state index contributed by atoms with van der Waals surface area (Å²) in [7, 11) is 1.66. The second-order valence-corrected chi connectivity index (χ2v) is 6.79. The van der Waals surface area contributed by atoms with E-state index in [1.54, 1.807) is 7.11 Å². The predicted molar refractivity (Wildman–Crippen MR) is 99.4 cm³/mol. The van der Waals surface area contributed by atoms with E-state index in [9.17, 15) is 4.79 Å². The van der Waals surface area contributed by atoms with E-state index in [4.69, 9.17) is 4.74 Å². The number of carbonyl (C=O) groups is 1. The summed E-state index contributed by atoms with van der Waals surface area (Å²) in [5.74, 6) is 0.869. The van der Waals surface area contributed by atoms with Gasteiger partial charge in [-0.1, -0.05) is 12.1 Å². The summed E-state index contributed by atoms with van der Waals surface area (Å²) < 4.78 is 5.24. The maximum absolute atomic E-state index is 13.4. The number of carbonyl (C=O) groups excluding carboxylic acids is 1. The average molecular weight is 350 g/mol. The number of aryl methyl sites for hydroxylation is 2. The number of nitrogens with zero attached hydrogens (tertiary/aromatic N) is 3. The second kappa shape index (κ2) is 6.44. The predicted octanol–water partition coefficient (Wildman–Crippen LogP) is 3.56. The highest BCUT2D eigenvalue weighted by Crippen LogP contribution is 2.35. The zero-order valence-electron chi connectivity index (χ0n) is 15.2. The number of aromatic amines is 1. The van der Waals surface area contributed by atoms with E-state index in [2.05, 4.69) is 15.2 Å². The van der Waals surface area contributed by atoms with E-state index in [-0.39, 0.29) is 11.9 Å². The third-order valence-electron chi connectivity index (χ3n) is 5.08. The molecule has 0 spiro atoms. The Hall–Kier alpha value is -2.89. The van der Waals surface area contributed by atoms with Crippen LogP contribution < -0.4 is 4.74 Å². The fourth-order valence-corrected chi connectivity index (χ4v) is 3.81. The quantitative estimate of drug-likeness (QED) is 0.784. The van der Waals surface area contributed by atoms with Crippen LogP contribution in [0.1, 0.15) is 46.2 Å². The molecule has 2 aromatic heterocycles. The molecule has 0 aliphatic carbocycles. The van der Waals surface area contributed by atoms with Crippen LogP contribution in [0.5, 0.6) is 5.75 Å². The van der Waals surface area contributed by atoms with E-state index in [0.29, 0.717) is 11.2 Å². The number of benzene rings is 1. The lowest BCUT2D eigenvalue weighted by atomic mass is 10.0. The molecule has 6 nitrogen and oxygen atoms in total. The number of hydrogen-bond acceptors (Lipinski definition) is 4. The molecule has 26 heavy (non-hydrogen) atoms. The first kappa shape index (κ1) is 16.6. The molecular formula is C20H22N4O2. The summed E-state index contributed by atoms with van der Waals surface area (Å²) in [5.41, 5.74) is 4.09. The van der Waals surface area contributed by atoms with Crippen LogP contribution >= 0.6 is 0 Å². The van der Waals surface area contributed by atoms with Gasteiger partial charge in [0.2, 0.25) is 0 Å². The van der Waals surface area contributed by atoms with Crippen molar-refractivity contribution in [3.05, 3.63) is 52.8 Å². The first-order valence-electron chi connectivity index (χ1n) is 8.85. The number of ether oxygens (including phenoxy) is 1. The van der Waals surface area contributed by atoms with Gasteiger partial charge in [-0.15, -0.1) is 0 Å². The van der Waals surface area contributed by atoms with Crippen LogP contribution in [0.3, 0.4) is 0 Å². The average Bonchev–Trinajstić information content (AvgIpc) is 3.28. The zero-order valence-corrected chi connectivity index (χ0v) is 15.2. The van der Waals surface area contributed by atoms with Crippen molar-refractivity contribution in [3.63, 3.8) is 0 Å². The topological polar surface area (TPSA) is 71.1 Å². The number of pyridine rings is 1. The summed E-state index contributed by atoms with van der Waals surface area (Å²) in [4.78, 5) is 19.8. The van der Waals surface area contributed by atoms with Gasteiger partial charge in [-0.05, 0) is 50.5 Å². The molecule has 3 heterocycles. The lowest BCUT2D eigenvalue weighted by Crippen LogP contribution is -2.30. The number of amides is 1. The summed E-state index contributed by atoms with van der Waals surface area (Å²) in [6.45, 7) is 4.58. The highest BCUT2D eigenvalue weighted by Gasteiger charge is 2.32. The Morgan fingerprint density at radius 3 is 2.77 bits per heavy atom. The maximum atomic E-state index is 13.4. The molecule has 1 aromatic carbocycles. The van der Waals surface area contributed by atoms with Gasteiger partial charge >= 0.3 is 0 Å². The molecule has 0 unspecified atom stereocenters. The number of fused-ring (bicyclic) bond motifs is 1. The Bertz CT molecular complexity index is 962. The monoisotopic (exact) mass is 350 g/mol. The molecule has 3 aromatic rings. The van der Waals surface area contributed by atoms with Gasteiger partial charge in [-0.25, -0.2) is 4.98 Å². The van der Waals surface area contributed by atoms with Crippen LogP contribution in [-0.4, -0.2) is 39.6 Å². The van der Waals surface area contributed by atoms with E-state index < -0.39 is 0 Å². The van der Waals surface area contributed by atoms with E-state index in [0.717, 1.165) is 47.5 Å². The van der Waals surface area contributed by atoms with Crippen molar-refractivity contribution >= 4 is 16.9 Å². The third kappa shape index (κ3) is 2.71. The van der Waals surface area contributed by atoms with Gasteiger partial charge in [0.1, 0.15) is 5.75 Å². The maximum Gasteiger partial charge on any atom is 0.255 e. The van der Waals surface area contributed by atoms with E-state index in [1.807, 2.05) is 49.1 Å². The number of hydrogen-bond donors (Lipinski definition) is 1. The number of nitrogens with one attached hydrogen (secondary N) is 1. The lowest BCUT2D eigenvalue weighted by molar-refractivity contribution is 0.0737. The highest BCUT2D eigenvalue weighted by atomic mass is 16.5. The molecule has 1 amide bonds. The zero-order chi connectivity index (χ0) is 18.3. The fraction of sp³-hybridized carbons (Fsp3) is 0.350.